The zero-order chi connectivity index (χ0) is 14.8. The van der Waals surface area contributed by atoms with E-state index in [4.69, 9.17) is 10.3 Å². The van der Waals surface area contributed by atoms with E-state index in [2.05, 4.69) is 10.1 Å². The van der Waals surface area contributed by atoms with Crippen molar-refractivity contribution in [3.8, 4) is 0 Å². The lowest BCUT2D eigenvalue weighted by atomic mass is 9.99. The maximum Gasteiger partial charge on any atom is 0.227 e. The van der Waals surface area contributed by atoms with Gasteiger partial charge in [0.05, 0.1) is 17.0 Å². The van der Waals surface area contributed by atoms with Gasteiger partial charge in [-0.05, 0) is 18.8 Å². The van der Waals surface area contributed by atoms with E-state index >= 15 is 0 Å². The fourth-order valence-electron chi connectivity index (χ4n) is 2.62. The van der Waals surface area contributed by atoms with Gasteiger partial charge in [0.2, 0.25) is 5.89 Å². The van der Waals surface area contributed by atoms with E-state index in [1.54, 1.807) is 0 Å². The van der Waals surface area contributed by atoms with E-state index in [0.29, 0.717) is 11.7 Å². The highest BCUT2D eigenvalue weighted by Gasteiger charge is 2.36. The molecule has 1 aromatic rings. The van der Waals surface area contributed by atoms with Crippen LogP contribution in [-0.2, 0) is 21.8 Å². The van der Waals surface area contributed by atoms with Gasteiger partial charge in [-0.3, -0.25) is 0 Å². The van der Waals surface area contributed by atoms with E-state index in [-0.39, 0.29) is 23.8 Å². The molecule has 0 amide bonds. The Labute approximate surface area is 120 Å². The van der Waals surface area contributed by atoms with Crippen molar-refractivity contribution in [3.63, 3.8) is 0 Å². The Bertz CT molecular complexity index is 545. The topological polar surface area (TPSA) is 99.1 Å². The third kappa shape index (κ3) is 3.79. The van der Waals surface area contributed by atoms with Crippen LogP contribution in [0, 0.1) is 5.92 Å². The first-order chi connectivity index (χ1) is 9.31. The lowest BCUT2D eigenvalue weighted by Crippen LogP contribution is -2.34. The Balaban J connectivity index is 1.97. The molecule has 7 heteroatoms. The van der Waals surface area contributed by atoms with Gasteiger partial charge in [-0.1, -0.05) is 31.8 Å². The van der Waals surface area contributed by atoms with Crippen molar-refractivity contribution in [2.45, 2.75) is 51.5 Å². The molecule has 0 saturated heterocycles. The third-order valence-electron chi connectivity index (χ3n) is 3.62. The molecule has 0 radical (unpaired) electrons. The smallest absolute Gasteiger partial charge is 0.227 e. The zero-order valence-corrected chi connectivity index (χ0v) is 12.9. The molecule has 0 aromatic carbocycles. The summed E-state index contributed by atoms with van der Waals surface area (Å²) in [5.41, 5.74) is 5.75. The van der Waals surface area contributed by atoms with Crippen LogP contribution < -0.4 is 5.73 Å². The lowest BCUT2D eigenvalue weighted by molar-refractivity contribution is 0.350. The second-order valence-electron chi connectivity index (χ2n) is 6.13. The van der Waals surface area contributed by atoms with Crippen LogP contribution in [0.1, 0.15) is 51.2 Å². The van der Waals surface area contributed by atoms with Crippen LogP contribution in [0.4, 0.5) is 0 Å². The molecule has 20 heavy (non-hydrogen) atoms. The van der Waals surface area contributed by atoms with Crippen molar-refractivity contribution in [1.82, 2.24) is 10.1 Å². The highest BCUT2D eigenvalue weighted by atomic mass is 32.2. The second-order valence-corrected chi connectivity index (χ2v) is 8.36. The summed E-state index contributed by atoms with van der Waals surface area (Å²) in [4.78, 5) is 4.28. The minimum atomic E-state index is -3.06. The predicted molar refractivity (Wildman–Crippen MR) is 75.8 cm³/mol. The van der Waals surface area contributed by atoms with Crippen molar-refractivity contribution in [2.75, 3.05) is 11.5 Å². The van der Waals surface area contributed by atoms with Gasteiger partial charge in [0.15, 0.2) is 15.7 Å². The minimum Gasteiger partial charge on any atom is -0.339 e. The number of hydrogen-bond acceptors (Lipinski definition) is 6. The number of sulfone groups is 1. The first kappa shape index (κ1) is 15.4. The molecule has 0 atom stereocenters. The van der Waals surface area contributed by atoms with E-state index in [1.807, 2.05) is 13.8 Å². The Hall–Kier alpha value is -0.950. The predicted octanol–water partition coefficient (Wildman–Crippen LogP) is 1.41. The van der Waals surface area contributed by atoms with Crippen LogP contribution in [0.25, 0.3) is 0 Å². The molecule has 1 heterocycles. The van der Waals surface area contributed by atoms with Gasteiger partial charge in [0, 0.05) is 6.42 Å². The molecule has 0 spiro atoms. The van der Waals surface area contributed by atoms with Crippen molar-refractivity contribution >= 4 is 9.84 Å². The van der Waals surface area contributed by atoms with Gasteiger partial charge in [0.25, 0.3) is 0 Å². The number of nitrogens with two attached hydrogens (primary N) is 1. The van der Waals surface area contributed by atoms with Crippen LogP contribution in [0.3, 0.4) is 0 Å². The molecule has 1 aromatic heterocycles. The van der Waals surface area contributed by atoms with E-state index in [0.717, 1.165) is 25.7 Å². The molecule has 6 nitrogen and oxygen atoms in total. The molecule has 0 unspecified atom stereocenters. The average molecular weight is 301 g/mol. The first-order valence-electron chi connectivity index (χ1n) is 7.13. The summed E-state index contributed by atoms with van der Waals surface area (Å²) in [6.07, 6.45) is 4.12. The SMILES string of the molecule is CC(C)CS(=O)(=O)CCc1nc(C2(N)CCCC2)no1. The van der Waals surface area contributed by atoms with Gasteiger partial charge < -0.3 is 10.3 Å². The van der Waals surface area contributed by atoms with Gasteiger partial charge in [-0.25, -0.2) is 8.42 Å². The quantitative estimate of drug-likeness (QED) is 0.853. The molecule has 2 N–H and O–H groups in total. The zero-order valence-electron chi connectivity index (χ0n) is 12.1. The van der Waals surface area contributed by atoms with Gasteiger partial charge in [0.1, 0.15) is 0 Å². The summed E-state index contributed by atoms with van der Waals surface area (Å²) in [5, 5.41) is 3.93. The molecular formula is C13H23N3O3S. The Morgan fingerprint density at radius 3 is 2.60 bits per heavy atom. The Kier molecular flexibility index (Phi) is 4.49. The molecule has 1 fully saturated rings. The van der Waals surface area contributed by atoms with Crippen LogP contribution in [0.15, 0.2) is 4.52 Å². The maximum absolute atomic E-state index is 11.8. The van der Waals surface area contributed by atoms with Crippen LogP contribution >= 0.6 is 0 Å². The number of hydrogen-bond donors (Lipinski definition) is 1. The summed E-state index contributed by atoms with van der Waals surface area (Å²) in [5.74, 6) is 1.25. The third-order valence-corrected chi connectivity index (χ3v) is 5.62. The second kappa shape index (κ2) is 5.81. The summed E-state index contributed by atoms with van der Waals surface area (Å²) < 4.78 is 28.8. The molecule has 0 aliphatic heterocycles. The summed E-state index contributed by atoms with van der Waals surface area (Å²) in [6.45, 7) is 3.78. The van der Waals surface area contributed by atoms with Crippen LogP contribution in [0.5, 0.6) is 0 Å². The number of rotatable bonds is 6. The Morgan fingerprint density at radius 2 is 2.00 bits per heavy atom. The molecule has 0 bridgehead atoms. The summed E-state index contributed by atoms with van der Waals surface area (Å²) >= 11 is 0. The van der Waals surface area contributed by atoms with Crippen molar-refractivity contribution < 1.29 is 12.9 Å². The monoisotopic (exact) mass is 301 g/mol. The molecule has 1 aliphatic carbocycles. The van der Waals surface area contributed by atoms with Crippen LogP contribution in [-0.4, -0.2) is 30.1 Å². The summed E-state index contributed by atoms with van der Waals surface area (Å²) in [7, 11) is -3.06. The van der Waals surface area contributed by atoms with Crippen molar-refractivity contribution in [2.24, 2.45) is 11.7 Å². The molecular weight excluding hydrogens is 278 g/mol. The fourth-order valence-corrected chi connectivity index (χ4v) is 4.29. The largest absolute Gasteiger partial charge is 0.339 e. The van der Waals surface area contributed by atoms with Gasteiger partial charge in [-0.15, -0.1) is 0 Å². The molecule has 1 saturated carbocycles. The maximum atomic E-state index is 11.8. The normalized spacial score (nSPS) is 18.8. The standard InChI is InChI=1S/C13H23N3O3S/c1-10(2)9-20(17,18)8-5-11-15-12(16-19-11)13(14)6-3-4-7-13/h10H,3-9,14H2,1-2H3. The van der Waals surface area contributed by atoms with E-state index in [9.17, 15) is 8.42 Å². The molecule has 2 rings (SSSR count). The highest BCUT2D eigenvalue weighted by Crippen LogP contribution is 2.34. The van der Waals surface area contributed by atoms with Crippen molar-refractivity contribution in [3.05, 3.63) is 11.7 Å². The summed E-state index contributed by atoms with van der Waals surface area (Å²) in [6, 6.07) is 0. The van der Waals surface area contributed by atoms with Crippen molar-refractivity contribution in [1.29, 1.82) is 0 Å². The number of aryl methyl sites for hydroxylation is 1. The van der Waals surface area contributed by atoms with E-state index in [1.165, 1.54) is 0 Å². The lowest BCUT2D eigenvalue weighted by Gasteiger charge is -2.17. The number of aromatic nitrogens is 2. The highest BCUT2D eigenvalue weighted by molar-refractivity contribution is 7.91. The molecule has 114 valence electrons. The fraction of sp³-hybridized carbons (Fsp3) is 0.846. The first-order valence-corrected chi connectivity index (χ1v) is 8.95. The Morgan fingerprint density at radius 1 is 1.35 bits per heavy atom. The van der Waals surface area contributed by atoms with Crippen LogP contribution in [0.2, 0.25) is 0 Å². The minimum absolute atomic E-state index is 0.0460. The van der Waals surface area contributed by atoms with E-state index < -0.39 is 15.4 Å². The average Bonchev–Trinajstić information content (AvgIpc) is 2.94. The van der Waals surface area contributed by atoms with Gasteiger partial charge in [-0.2, -0.15) is 4.98 Å². The number of nitrogens with zero attached hydrogens (tertiary/aromatic N) is 2. The molecule has 1 aliphatic rings. The van der Waals surface area contributed by atoms with Gasteiger partial charge >= 0.3 is 0 Å².